The van der Waals surface area contributed by atoms with Crippen LogP contribution in [0.25, 0.3) is 0 Å². The van der Waals surface area contributed by atoms with Crippen molar-refractivity contribution in [1.29, 1.82) is 0 Å². The first-order valence-electron chi connectivity index (χ1n) is 8.18. The van der Waals surface area contributed by atoms with Crippen LogP contribution in [0.1, 0.15) is 75.0 Å². The predicted molar refractivity (Wildman–Crippen MR) is 82.6 cm³/mol. The Hall–Kier alpha value is -0.780. The van der Waals surface area contributed by atoms with Crippen molar-refractivity contribution in [2.45, 2.75) is 65.2 Å². The average Bonchev–Trinajstić information content (AvgIpc) is 2.74. The van der Waals surface area contributed by atoms with Gasteiger partial charge in [-0.15, -0.1) is 0 Å². The molecule has 0 heteroatoms. The fourth-order valence-electron chi connectivity index (χ4n) is 4.79. The van der Waals surface area contributed by atoms with E-state index in [4.69, 9.17) is 0 Å². The second-order valence-corrected chi connectivity index (χ2v) is 7.37. The molecule has 0 aliphatic heterocycles. The van der Waals surface area contributed by atoms with Crippen LogP contribution < -0.4 is 0 Å². The zero-order valence-corrected chi connectivity index (χ0v) is 12.9. The molecular formula is C19H28. The first-order valence-corrected chi connectivity index (χ1v) is 8.18. The molecule has 2 aliphatic rings. The van der Waals surface area contributed by atoms with Crippen LogP contribution in [-0.2, 0) is 0 Å². The van der Waals surface area contributed by atoms with E-state index in [1.54, 1.807) is 11.1 Å². The summed E-state index contributed by atoms with van der Waals surface area (Å²) in [5.74, 6) is 4.38. The topological polar surface area (TPSA) is 0 Å². The van der Waals surface area contributed by atoms with E-state index in [1.807, 2.05) is 0 Å². The highest BCUT2D eigenvalue weighted by atomic mass is 14.5. The molecule has 3 rings (SSSR count). The lowest BCUT2D eigenvalue weighted by Crippen LogP contribution is -2.17. The van der Waals surface area contributed by atoms with Gasteiger partial charge in [0.25, 0.3) is 0 Å². The third kappa shape index (κ3) is 2.24. The van der Waals surface area contributed by atoms with Crippen molar-refractivity contribution in [2.75, 3.05) is 0 Å². The van der Waals surface area contributed by atoms with Crippen molar-refractivity contribution in [2.24, 2.45) is 17.8 Å². The number of rotatable bonds is 1. The van der Waals surface area contributed by atoms with Crippen LogP contribution in [-0.4, -0.2) is 0 Å². The Bertz CT molecular complexity index is 457. The Morgan fingerprint density at radius 2 is 1.79 bits per heavy atom. The second kappa shape index (κ2) is 4.96. The van der Waals surface area contributed by atoms with E-state index in [0.29, 0.717) is 0 Å². The molecule has 4 unspecified atom stereocenters. The van der Waals surface area contributed by atoms with Gasteiger partial charge < -0.3 is 0 Å². The summed E-state index contributed by atoms with van der Waals surface area (Å²) >= 11 is 0. The monoisotopic (exact) mass is 256 g/mol. The highest BCUT2D eigenvalue weighted by Crippen LogP contribution is 2.53. The lowest BCUT2D eigenvalue weighted by Gasteiger charge is -2.26. The number of aryl methyl sites for hydroxylation is 1. The summed E-state index contributed by atoms with van der Waals surface area (Å²) < 4.78 is 0. The standard InChI is InChI=1S/C19H28/c1-12(2)15-9-10-18-17(15)8-6-14(4)16-7-5-13(3)11-19(16)18/h5,7,11-12,14-15,17-18H,6,8-10H2,1-4H3. The maximum absolute atomic E-state index is 2.50. The van der Waals surface area contributed by atoms with Crippen LogP contribution >= 0.6 is 0 Å². The third-order valence-corrected chi connectivity index (χ3v) is 5.84. The van der Waals surface area contributed by atoms with Gasteiger partial charge in [-0.25, -0.2) is 0 Å². The number of hydrogen-bond donors (Lipinski definition) is 0. The summed E-state index contributed by atoms with van der Waals surface area (Å²) in [6.45, 7) is 9.54. The van der Waals surface area contributed by atoms with E-state index in [9.17, 15) is 0 Å². The van der Waals surface area contributed by atoms with Gasteiger partial charge >= 0.3 is 0 Å². The molecule has 1 aromatic carbocycles. The highest BCUT2D eigenvalue weighted by molar-refractivity contribution is 5.38. The van der Waals surface area contributed by atoms with Crippen LogP contribution in [0.5, 0.6) is 0 Å². The maximum atomic E-state index is 2.50. The summed E-state index contributed by atoms with van der Waals surface area (Å²) in [6.07, 6.45) is 5.72. The lowest BCUT2D eigenvalue weighted by atomic mass is 9.78. The first-order chi connectivity index (χ1) is 9.08. The van der Waals surface area contributed by atoms with Gasteiger partial charge in [-0.05, 0) is 73.3 Å². The van der Waals surface area contributed by atoms with E-state index in [2.05, 4.69) is 45.9 Å². The van der Waals surface area contributed by atoms with Gasteiger partial charge in [0.05, 0.1) is 0 Å². The molecule has 0 radical (unpaired) electrons. The molecule has 0 heterocycles. The Kier molecular flexibility index (Phi) is 3.45. The third-order valence-electron chi connectivity index (χ3n) is 5.84. The molecule has 0 bridgehead atoms. The number of hydrogen-bond acceptors (Lipinski definition) is 0. The average molecular weight is 256 g/mol. The van der Waals surface area contributed by atoms with Crippen LogP contribution in [0.3, 0.4) is 0 Å². The zero-order valence-electron chi connectivity index (χ0n) is 12.9. The van der Waals surface area contributed by atoms with Crippen molar-refractivity contribution >= 4 is 0 Å². The van der Waals surface area contributed by atoms with Gasteiger partial charge in [0.2, 0.25) is 0 Å². The van der Waals surface area contributed by atoms with Crippen molar-refractivity contribution in [3.63, 3.8) is 0 Å². The molecule has 0 nitrogen and oxygen atoms in total. The second-order valence-electron chi connectivity index (χ2n) is 7.37. The molecule has 0 amide bonds. The highest BCUT2D eigenvalue weighted by Gasteiger charge is 2.40. The summed E-state index contributed by atoms with van der Waals surface area (Å²) in [6, 6.07) is 7.22. The normalized spacial score (nSPS) is 33.9. The first kappa shape index (κ1) is 13.2. The fourth-order valence-corrected chi connectivity index (χ4v) is 4.79. The van der Waals surface area contributed by atoms with Gasteiger partial charge in [-0.2, -0.15) is 0 Å². The Balaban J connectivity index is 2.02. The molecule has 104 valence electrons. The number of benzene rings is 1. The van der Waals surface area contributed by atoms with Crippen molar-refractivity contribution < 1.29 is 0 Å². The zero-order chi connectivity index (χ0) is 13.6. The van der Waals surface area contributed by atoms with Crippen molar-refractivity contribution in [3.8, 4) is 0 Å². The Morgan fingerprint density at radius 3 is 2.53 bits per heavy atom. The molecular weight excluding hydrogens is 228 g/mol. The molecule has 0 N–H and O–H groups in total. The molecule has 4 atom stereocenters. The van der Waals surface area contributed by atoms with E-state index >= 15 is 0 Å². The maximum Gasteiger partial charge on any atom is -0.0128 e. The quantitative estimate of drug-likeness (QED) is 0.608. The molecule has 0 spiro atoms. The van der Waals surface area contributed by atoms with Gasteiger partial charge in [0.1, 0.15) is 0 Å². The molecule has 0 aromatic heterocycles. The van der Waals surface area contributed by atoms with Gasteiger partial charge in [0, 0.05) is 0 Å². The summed E-state index contributed by atoms with van der Waals surface area (Å²) in [4.78, 5) is 0. The van der Waals surface area contributed by atoms with E-state index in [0.717, 1.165) is 29.6 Å². The number of fused-ring (bicyclic) bond motifs is 3. The molecule has 2 aliphatic carbocycles. The Labute approximate surface area is 118 Å². The van der Waals surface area contributed by atoms with Crippen LogP contribution in [0.15, 0.2) is 18.2 Å². The van der Waals surface area contributed by atoms with E-state index in [1.165, 1.54) is 31.2 Å². The molecule has 1 aromatic rings. The fraction of sp³-hybridized carbons (Fsp3) is 0.684. The van der Waals surface area contributed by atoms with Crippen LogP contribution in [0.4, 0.5) is 0 Å². The van der Waals surface area contributed by atoms with Crippen molar-refractivity contribution in [1.82, 2.24) is 0 Å². The van der Waals surface area contributed by atoms with Gasteiger partial charge in [-0.3, -0.25) is 0 Å². The van der Waals surface area contributed by atoms with Gasteiger partial charge in [0.15, 0.2) is 0 Å². The predicted octanol–water partition coefficient (Wildman–Crippen LogP) is 5.66. The van der Waals surface area contributed by atoms with Crippen LogP contribution in [0, 0.1) is 24.7 Å². The van der Waals surface area contributed by atoms with Crippen molar-refractivity contribution in [3.05, 3.63) is 34.9 Å². The van der Waals surface area contributed by atoms with Gasteiger partial charge in [-0.1, -0.05) is 44.5 Å². The minimum Gasteiger partial charge on any atom is -0.0625 e. The smallest absolute Gasteiger partial charge is 0.0128 e. The SMILES string of the molecule is Cc1ccc2c(c1)C1CCC(C(C)C)C1CCC2C. The van der Waals surface area contributed by atoms with Crippen LogP contribution in [0.2, 0.25) is 0 Å². The summed E-state index contributed by atoms with van der Waals surface area (Å²) in [7, 11) is 0. The summed E-state index contributed by atoms with van der Waals surface area (Å²) in [5, 5.41) is 0. The molecule has 0 saturated heterocycles. The Morgan fingerprint density at radius 1 is 1.00 bits per heavy atom. The molecule has 19 heavy (non-hydrogen) atoms. The van der Waals surface area contributed by atoms with E-state index < -0.39 is 0 Å². The largest absolute Gasteiger partial charge is 0.0625 e. The lowest BCUT2D eigenvalue weighted by molar-refractivity contribution is 0.263. The summed E-state index contributed by atoms with van der Waals surface area (Å²) in [5.41, 5.74) is 4.81. The van der Waals surface area contributed by atoms with E-state index in [-0.39, 0.29) is 0 Å². The molecule has 1 saturated carbocycles. The minimum atomic E-state index is 0.758. The molecule has 1 fully saturated rings. The minimum absolute atomic E-state index is 0.758.